The van der Waals surface area contributed by atoms with E-state index in [0.29, 0.717) is 18.5 Å². The summed E-state index contributed by atoms with van der Waals surface area (Å²) in [5.74, 6) is -1.33. The molecule has 0 aliphatic carbocycles. The molecule has 3 aromatic carbocycles. The van der Waals surface area contributed by atoms with E-state index in [0.717, 1.165) is 27.2 Å². The van der Waals surface area contributed by atoms with E-state index in [1.807, 2.05) is 85.4 Å². The van der Waals surface area contributed by atoms with Gasteiger partial charge in [-0.2, -0.15) is 0 Å². The van der Waals surface area contributed by atoms with E-state index in [1.54, 1.807) is 11.0 Å². The Morgan fingerprint density at radius 2 is 1.69 bits per heavy atom. The summed E-state index contributed by atoms with van der Waals surface area (Å²) in [6.07, 6.45) is 2.67. The van der Waals surface area contributed by atoms with E-state index in [1.165, 1.54) is 0 Å². The lowest BCUT2D eigenvalue weighted by Gasteiger charge is -2.24. The maximum Gasteiger partial charge on any atom is 0.295 e. The van der Waals surface area contributed by atoms with Crippen molar-refractivity contribution in [1.82, 2.24) is 9.47 Å². The van der Waals surface area contributed by atoms with Gasteiger partial charge in [0.1, 0.15) is 5.76 Å². The Hall–Kier alpha value is -3.86. The van der Waals surface area contributed by atoms with Gasteiger partial charge >= 0.3 is 0 Å². The van der Waals surface area contributed by atoms with Crippen molar-refractivity contribution in [2.24, 2.45) is 7.05 Å². The molecule has 1 unspecified atom stereocenters. The van der Waals surface area contributed by atoms with Crippen LogP contribution >= 0.6 is 0 Å². The second-order valence-electron chi connectivity index (χ2n) is 8.27. The van der Waals surface area contributed by atoms with Crippen molar-refractivity contribution in [2.75, 3.05) is 6.54 Å². The van der Waals surface area contributed by atoms with Crippen LogP contribution in [0.2, 0.25) is 0 Å². The van der Waals surface area contributed by atoms with Crippen LogP contribution < -0.4 is 0 Å². The van der Waals surface area contributed by atoms with E-state index in [9.17, 15) is 14.7 Å². The summed E-state index contributed by atoms with van der Waals surface area (Å²) in [4.78, 5) is 27.8. The molecule has 5 rings (SSSR count). The van der Waals surface area contributed by atoms with Crippen LogP contribution in [-0.2, 0) is 16.6 Å². The lowest BCUT2D eigenvalue weighted by atomic mass is 9.94. The normalized spacial score (nSPS) is 18.2. The van der Waals surface area contributed by atoms with Crippen LogP contribution in [0, 0.1) is 0 Å². The Bertz CT molecular complexity index is 1410. The molecule has 0 spiro atoms. The molecule has 0 radical (unpaired) electrons. The minimum atomic E-state index is -0.637. The van der Waals surface area contributed by atoms with Crippen LogP contribution in [0.15, 0.2) is 78.5 Å². The van der Waals surface area contributed by atoms with Crippen molar-refractivity contribution >= 4 is 39.1 Å². The monoisotopic (exact) mass is 424 g/mol. The highest BCUT2D eigenvalue weighted by Crippen LogP contribution is 2.42. The number of nitrogens with zero attached hydrogens (tertiary/aromatic N) is 2. The van der Waals surface area contributed by atoms with Crippen molar-refractivity contribution in [3.8, 4) is 0 Å². The molecule has 1 amide bonds. The van der Waals surface area contributed by atoms with Crippen LogP contribution in [0.3, 0.4) is 0 Å². The predicted molar refractivity (Wildman–Crippen MR) is 126 cm³/mol. The van der Waals surface area contributed by atoms with Gasteiger partial charge in [-0.1, -0.05) is 61.5 Å². The first-order valence-electron chi connectivity index (χ1n) is 10.8. The number of aliphatic hydroxyl groups is 1. The van der Waals surface area contributed by atoms with Gasteiger partial charge in [-0.3, -0.25) is 9.59 Å². The molecule has 1 N–H and O–H groups in total. The number of fused-ring (bicyclic) bond motifs is 2. The number of Topliss-reactive ketones (excluding diaryl/α,β-unsaturated/α-hetero) is 1. The lowest BCUT2D eigenvalue weighted by molar-refractivity contribution is -0.139. The third kappa shape index (κ3) is 3.01. The van der Waals surface area contributed by atoms with E-state index < -0.39 is 17.7 Å². The Balaban J connectivity index is 1.75. The maximum atomic E-state index is 13.2. The highest BCUT2D eigenvalue weighted by atomic mass is 16.3. The second kappa shape index (κ2) is 7.68. The van der Waals surface area contributed by atoms with Crippen LogP contribution in [0.5, 0.6) is 0 Å². The zero-order valence-corrected chi connectivity index (χ0v) is 18.1. The van der Waals surface area contributed by atoms with Gasteiger partial charge in [0.15, 0.2) is 0 Å². The number of para-hydroxylation sites is 1. The standard InChI is InChI=1S/C27H24N2O3/c1-3-14-29-24(21-16-28(2)22-11-7-6-10-20(21)22)23(26(31)27(29)32)25(30)19-13-12-17-8-4-5-9-18(17)15-19/h4-13,15-16,24,30H,3,14H2,1-2H3/b25-23+. The molecular formula is C27H24N2O3. The number of aliphatic hydroxyl groups excluding tert-OH is 1. The average molecular weight is 425 g/mol. The SMILES string of the molecule is CCCN1C(=O)C(=O)/C(=C(/O)c2ccc3ccccc3c2)C1c1cn(C)c2ccccc12. The number of benzene rings is 3. The minimum absolute atomic E-state index is 0.134. The molecule has 1 atom stereocenters. The number of hydrogen-bond acceptors (Lipinski definition) is 3. The van der Waals surface area contributed by atoms with Gasteiger partial charge in [-0.05, 0) is 29.3 Å². The van der Waals surface area contributed by atoms with Crippen molar-refractivity contribution in [3.63, 3.8) is 0 Å². The molecule has 160 valence electrons. The molecule has 1 saturated heterocycles. The molecule has 5 heteroatoms. The Kier molecular flexibility index (Phi) is 4.82. The van der Waals surface area contributed by atoms with Gasteiger partial charge < -0.3 is 14.6 Å². The number of carbonyl (C=O) groups excluding carboxylic acids is 2. The summed E-state index contributed by atoms with van der Waals surface area (Å²) >= 11 is 0. The van der Waals surface area contributed by atoms with E-state index in [4.69, 9.17) is 0 Å². The highest BCUT2D eigenvalue weighted by Gasteiger charge is 2.46. The van der Waals surface area contributed by atoms with Crippen molar-refractivity contribution < 1.29 is 14.7 Å². The number of aryl methyl sites for hydroxylation is 1. The third-order valence-corrected chi connectivity index (χ3v) is 6.25. The first-order chi connectivity index (χ1) is 15.5. The summed E-state index contributed by atoms with van der Waals surface area (Å²) in [6, 6.07) is 20.7. The summed E-state index contributed by atoms with van der Waals surface area (Å²) < 4.78 is 1.99. The number of rotatable bonds is 4. The van der Waals surface area contributed by atoms with Gasteiger partial charge in [0.25, 0.3) is 11.7 Å². The number of hydrogen-bond donors (Lipinski definition) is 1. The molecular weight excluding hydrogens is 400 g/mol. The van der Waals surface area contributed by atoms with Crippen LogP contribution in [0.4, 0.5) is 0 Å². The van der Waals surface area contributed by atoms with Gasteiger partial charge in [0.05, 0.1) is 11.6 Å². The quantitative estimate of drug-likeness (QED) is 0.280. The highest BCUT2D eigenvalue weighted by molar-refractivity contribution is 6.46. The second-order valence-corrected chi connectivity index (χ2v) is 8.27. The average Bonchev–Trinajstić information content (AvgIpc) is 3.27. The molecule has 1 aliphatic rings. The maximum absolute atomic E-state index is 13.2. The molecule has 0 saturated carbocycles. The number of amides is 1. The third-order valence-electron chi connectivity index (χ3n) is 6.25. The number of likely N-dealkylation sites (tertiary alicyclic amines) is 1. The number of aromatic nitrogens is 1. The van der Waals surface area contributed by atoms with Crippen molar-refractivity contribution in [1.29, 1.82) is 0 Å². The molecule has 1 aromatic heterocycles. The number of carbonyl (C=O) groups is 2. The van der Waals surface area contributed by atoms with Crippen LogP contribution in [-0.4, -0.2) is 32.8 Å². The van der Waals surface area contributed by atoms with E-state index in [2.05, 4.69) is 0 Å². The smallest absolute Gasteiger partial charge is 0.295 e. The van der Waals surface area contributed by atoms with Gasteiger partial charge in [0, 0.05) is 41.8 Å². The summed E-state index contributed by atoms with van der Waals surface area (Å²) in [7, 11) is 1.95. The van der Waals surface area contributed by atoms with Crippen molar-refractivity contribution in [2.45, 2.75) is 19.4 Å². The molecule has 0 bridgehead atoms. The molecule has 1 fully saturated rings. The van der Waals surface area contributed by atoms with E-state index in [-0.39, 0.29) is 11.3 Å². The predicted octanol–water partition coefficient (Wildman–Crippen LogP) is 5.16. The minimum Gasteiger partial charge on any atom is -0.507 e. The molecule has 4 aromatic rings. The lowest BCUT2D eigenvalue weighted by Crippen LogP contribution is -2.30. The zero-order chi connectivity index (χ0) is 22.4. The van der Waals surface area contributed by atoms with Crippen molar-refractivity contribution in [3.05, 3.63) is 89.6 Å². The fraction of sp³-hybridized carbons (Fsp3) is 0.185. The van der Waals surface area contributed by atoms with Gasteiger partial charge in [-0.15, -0.1) is 0 Å². The van der Waals surface area contributed by atoms with E-state index >= 15 is 0 Å². The van der Waals surface area contributed by atoms with Crippen LogP contribution in [0.1, 0.15) is 30.5 Å². The molecule has 32 heavy (non-hydrogen) atoms. The summed E-state index contributed by atoms with van der Waals surface area (Å²) in [5.41, 5.74) is 2.53. The Labute approximate surface area is 186 Å². The largest absolute Gasteiger partial charge is 0.507 e. The van der Waals surface area contributed by atoms with Gasteiger partial charge in [-0.25, -0.2) is 0 Å². The molecule has 2 heterocycles. The topological polar surface area (TPSA) is 62.5 Å². The van der Waals surface area contributed by atoms with Crippen LogP contribution in [0.25, 0.3) is 27.4 Å². The molecule has 1 aliphatic heterocycles. The first kappa shape index (κ1) is 20.1. The Morgan fingerprint density at radius 1 is 0.969 bits per heavy atom. The summed E-state index contributed by atoms with van der Waals surface area (Å²) in [6.45, 7) is 2.41. The zero-order valence-electron chi connectivity index (χ0n) is 18.1. The summed E-state index contributed by atoms with van der Waals surface area (Å²) in [5, 5.41) is 14.3. The van der Waals surface area contributed by atoms with Gasteiger partial charge in [0.2, 0.25) is 0 Å². The first-order valence-corrected chi connectivity index (χ1v) is 10.8. The number of ketones is 1. The molecule has 5 nitrogen and oxygen atoms in total. The fourth-order valence-electron chi connectivity index (χ4n) is 4.76. The Morgan fingerprint density at radius 3 is 2.47 bits per heavy atom. The fourth-order valence-corrected chi connectivity index (χ4v) is 4.76.